The summed E-state index contributed by atoms with van der Waals surface area (Å²) in [6.45, 7) is 5.37. The van der Waals surface area contributed by atoms with Crippen LogP contribution in [-0.2, 0) is 7.05 Å². The van der Waals surface area contributed by atoms with E-state index in [-0.39, 0.29) is 18.0 Å². The van der Waals surface area contributed by atoms with E-state index in [2.05, 4.69) is 29.6 Å². The highest BCUT2D eigenvalue weighted by atomic mass is 16.2. The number of likely N-dealkylation sites (tertiary alicyclic amines) is 1. The molecule has 0 aliphatic carbocycles. The molecule has 1 aromatic heterocycles. The Morgan fingerprint density at radius 3 is 2.41 bits per heavy atom. The summed E-state index contributed by atoms with van der Waals surface area (Å²) in [6.07, 6.45) is 1.49. The van der Waals surface area contributed by atoms with Gasteiger partial charge in [-0.3, -0.25) is 14.8 Å². The molecular weight excluding hydrogens is 342 g/mol. The smallest absolute Gasteiger partial charge is 0.323 e. The number of hydrogen-bond donors (Lipinski definition) is 2. The lowest BCUT2D eigenvalue weighted by Gasteiger charge is -2.32. The molecule has 2 N–H and O–H groups in total. The molecular formula is C20H27N5O2. The maximum Gasteiger partial charge on any atom is 0.323 e. The van der Waals surface area contributed by atoms with Gasteiger partial charge in [0.25, 0.3) is 5.91 Å². The number of nitrogens with one attached hydrogen (secondary N) is 2. The zero-order valence-electron chi connectivity index (χ0n) is 16.1. The minimum Gasteiger partial charge on any atom is -0.349 e. The Balaban J connectivity index is 1.50. The van der Waals surface area contributed by atoms with Crippen LogP contribution >= 0.6 is 0 Å². The number of amides is 3. The number of hydrogen-bond acceptors (Lipinski definition) is 3. The molecule has 144 valence electrons. The fourth-order valence-corrected chi connectivity index (χ4v) is 3.16. The van der Waals surface area contributed by atoms with E-state index < -0.39 is 0 Å². The lowest BCUT2D eigenvalue weighted by molar-refractivity contribution is 0.0919. The molecule has 0 saturated carbocycles. The number of nitrogens with zero attached hydrogens (tertiary/aromatic N) is 3. The van der Waals surface area contributed by atoms with Crippen molar-refractivity contribution in [1.82, 2.24) is 20.0 Å². The summed E-state index contributed by atoms with van der Waals surface area (Å²) in [5.74, 6) is 0.948. The number of piperidine rings is 1. The van der Waals surface area contributed by atoms with Gasteiger partial charge in [0.15, 0.2) is 0 Å². The van der Waals surface area contributed by atoms with Gasteiger partial charge in [0, 0.05) is 37.8 Å². The van der Waals surface area contributed by atoms with Crippen LogP contribution in [0.2, 0.25) is 0 Å². The van der Waals surface area contributed by atoms with Gasteiger partial charge in [0.05, 0.1) is 5.69 Å². The van der Waals surface area contributed by atoms with Crippen LogP contribution in [0.15, 0.2) is 36.4 Å². The van der Waals surface area contributed by atoms with Crippen molar-refractivity contribution in [1.29, 1.82) is 0 Å². The first kappa shape index (κ1) is 18.9. The van der Waals surface area contributed by atoms with Crippen LogP contribution in [0.3, 0.4) is 0 Å². The molecule has 1 saturated heterocycles. The van der Waals surface area contributed by atoms with Crippen molar-refractivity contribution in [2.75, 3.05) is 18.4 Å². The normalized spacial score (nSPS) is 15.0. The summed E-state index contributed by atoms with van der Waals surface area (Å²) in [4.78, 5) is 26.6. The second-order valence-corrected chi connectivity index (χ2v) is 7.26. The minimum absolute atomic E-state index is 0.0606. The molecule has 2 aromatic rings. The second kappa shape index (κ2) is 8.24. The lowest BCUT2D eigenvalue weighted by Crippen LogP contribution is -2.47. The van der Waals surface area contributed by atoms with Crippen LogP contribution < -0.4 is 10.6 Å². The average Bonchev–Trinajstić information content (AvgIpc) is 3.04. The Bertz CT molecular complexity index is 792. The molecule has 27 heavy (non-hydrogen) atoms. The van der Waals surface area contributed by atoms with E-state index in [4.69, 9.17) is 0 Å². The molecule has 7 heteroatoms. The summed E-state index contributed by atoms with van der Waals surface area (Å²) >= 11 is 0. The first-order chi connectivity index (χ1) is 12.9. The molecule has 0 spiro atoms. The van der Waals surface area contributed by atoms with E-state index in [1.54, 1.807) is 21.7 Å². The quantitative estimate of drug-likeness (QED) is 0.870. The third kappa shape index (κ3) is 4.67. The maximum absolute atomic E-state index is 12.5. The molecule has 0 atom stereocenters. The molecule has 1 aromatic carbocycles. The Kier molecular flexibility index (Phi) is 5.78. The summed E-state index contributed by atoms with van der Waals surface area (Å²) in [6, 6.07) is 11.1. The van der Waals surface area contributed by atoms with Crippen LogP contribution in [0.4, 0.5) is 10.6 Å². The van der Waals surface area contributed by atoms with Gasteiger partial charge in [0.1, 0.15) is 5.82 Å². The molecule has 0 radical (unpaired) electrons. The van der Waals surface area contributed by atoms with Crippen molar-refractivity contribution >= 4 is 17.8 Å². The number of benzene rings is 1. The lowest BCUT2D eigenvalue weighted by atomic mass is 10.0. The number of urea groups is 1. The zero-order chi connectivity index (χ0) is 19.4. The van der Waals surface area contributed by atoms with Crippen LogP contribution in [-0.4, -0.2) is 45.8 Å². The fourth-order valence-electron chi connectivity index (χ4n) is 3.16. The van der Waals surface area contributed by atoms with Crippen molar-refractivity contribution in [3.63, 3.8) is 0 Å². The van der Waals surface area contributed by atoms with E-state index in [1.165, 1.54) is 0 Å². The van der Waals surface area contributed by atoms with Gasteiger partial charge >= 0.3 is 6.03 Å². The van der Waals surface area contributed by atoms with E-state index in [0.717, 1.165) is 18.5 Å². The van der Waals surface area contributed by atoms with Crippen molar-refractivity contribution in [2.45, 2.75) is 38.6 Å². The molecule has 1 aliphatic rings. The van der Waals surface area contributed by atoms with Gasteiger partial charge in [-0.15, -0.1) is 0 Å². The standard InChI is InChI=1S/C20H27N5O2/c1-14(2)17-13-18(24(3)23-17)22-20(27)25-11-9-16(10-12-25)21-19(26)15-7-5-4-6-8-15/h4-8,13-14,16H,9-12H2,1-3H3,(H,21,26)(H,22,27). The molecule has 3 rings (SSSR count). The first-order valence-corrected chi connectivity index (χ1v) is 9.40. The Labute approximate surface area is 159 Å². The Hall–Kier alpha value is -2.83. The predicted molar refractivity (Wildman–Crippen MR) is 105 cm³/mol. The summed E-state index contributed by atoms with van der Waals surface area (Å²) < 4.78 is 1.69. The molecule has 7 nitrogen and oxygen atoms in total. The SMILES string of the molecule is CC(C)c1cc(NC(=O)N2CCC(NC(=O)c3ccccc3)CC2)n(C)n1. The van der Waals surface area contributed by atoms with Crippen molar-refractivity contribution < 1.29 is 9.59 Å². The van der Waals surface area contributed by atoms with Crippen molar-refractivity contribution in [3.05, 3.63) is 47.7 Å². The third-order valence-corrected chi connectivity index (χ3v) is 4.88. The monoisotopic (exact) mass is 369 g/mol. The van der Waals surface area contributed by atoms with Crippen LogP contribution in [0.5, 0.6) is 0 Å². The number of aromatic nitrogens is 2. The minimum atomic E-state index is -0.124. The summed E-state index contributed by atoms with van der Waals surface area (Å²) in [7, 11) is 1.83. The summed E-state index contributed by atoms with van der Waals surface area (Å²) in [5, 5.41) is 10.4. The van der Waals surface area contributed by atoms with Crippen molar-refractivity contribution in [3.8, 4) is 0 Å². The van der Waals surface area contributed by atoms with Gasteiger partial charge in [0.2, 0.25) is 0 Å². The van der Waals surface area contributed by atoms with Gasteiger partial charge in [-0.2, -0.15) is 5.10 Å². The third-order valence-electron chi connectivity index (χ3n) is 4.88. The first-order valence-electron chi connectivity index (χ1n) is 9.40. The van der Waals surface area contributed by atoms with Gasteiger partial charge in [-0.1, -0.05) is 32.0 Å². The van der Waals surface area contributed by atoms with Crippen molar-refractivity contribution in [2.24, 2.45) is 7.05 Å². The van der Waals surface area contributed by atoms with Crippen LogP contribution in [0.1, 0.15) is 48.7 Å². The van der Waals surface area contributed by atoms with Gasteiger partial charge in [-0.05, 0) is 30.9 Å². The molecule has 2 heterocycles. The number of anilines is 1. The summed E-state index contributed by atoms with van der Waals surface area (Å²) in [5.41, 5.74) is 1.62. The predicted octanol–water partition coefficient (Wildman–Crippen LogP) is 2.97. The number of carbonyl (C=O) groups is 2. The topological polar surface area (TPSA) is 79.3 Å². The Morgan fingerprint density at radius 1 is 1.15 bits per heavy atom. The number of aryl methyl sites for hydroxylation is 1. The van der Waals surface area contributed by atoms with Gasteiger partial charge in [-0.25, -0.2) is 4.79 Å². The van der Waals surface area contributed by atoms with E-state index >= 15 is 0 Å². The number of rotatable bonds is 4. The molecule has 1 fully saturated rings. The zero-order valence-corrected chi connectivity index (χ0v) is 16.1. The second-order valence-electron chi connectivity index (χ2n) is 7.26. The molecule has 1 aliphatic heterocycles. The highest BCUT2D eigenvalue weighted by Crippen LogP contribution is 2.18. The fraction of sp³-hybridized carbons (Fsp3) is 0.450. The maximum atomic E-state index is 12.5. The van der Waals surface area contributed by atoms with E-state index in [1.807, 2.05) is 31.3 Å². The Morgan fingerprint density at radius 2 is 1.81 bits per heavy atom. The molecule has 0 bridgehead atoms. The average molecular weight is 369 g/mol. The largest absolute Gasteiger partial charge is 0.349 e. The highest BCUT2D eigenvalue weighted by Gasteiger charge is 2.25. The van der Waals surface area contributed by atoms with E-state index in [9.17, 15) is 9.59 Å². The van der Waals surface area contributed by atoms with Crippen LogP contribution in [0, 0.1) is 0 Å². The molecule has 3 amide bonds. The van der Waals surface area contributed by atoms with E-state index in [0.29, 0.717) is 30.4 Å². The van der Waals surface area contributed by atoms with Crippen LogP contribution in [0.25, 0.3) is 0 Å². The number of carbonyl (C=O) groups excluding carboxylic acids is 2. The van der Waals surface area contributed by atoms with Gasteiger partial charge < -0.3 is 10.2 Å². The highest BCUT2D eigenvalue weighted by molar-refractivity contribution is 5.94. The molecule has 0 unspecified atom stereocenters.